The van der Waals surface area contributed by atoms with Gasteiger partial charge in [-0.1, -0.05) is 11.6 Å². The van der Waals surface area contributed by atoms with E-state index in [9.17, 15) is 9.90 Å². The fraction of sp³-hybridized carbons (Fsp3) is 0.333. The second-order valence-corrected chi connectivity index (χ2v) is 7.73. The van der Waals surface area contributed by atoms with Gasteiger partial charge in [0.2, 0.25) is 5.75 Å². The molecule has 0 radical (unpaired) electrons. The van der Waals surface area contributed by atoms with E-state index in [1.54, 1.807) is 32.3 Å². The number of fused-ring (bicyclic) bond motifs is 1. The first-order valence-corrected chi connectivity index (χ1v) is 10.4. The molecule has 0 saturated carbocycles. The number of hydrogen-bond acceptors (Lipinski definition) is 7. The van der Waals surface area contributed by atoms with Crippen LogP contribution in [-0.2, 0) is 4.74 Å². The van der Waals surface area contributed by atoms with Crippen molar-refractivity contribution < 1.29 is 28.8 Å². The van der Waals surface area contributed by atoms with Crippen LogP contribution in [0, 0.1) is 6.92 Å². The summed E-state index contributed by atoms with van der Waals surface area (Å²) in [5, 5.41) is 17.9. The fourth-order valence-corrected chi connectivity index (χ4v) is 4.27. The number of nitrogens with zero attached hydrogens (tertiary/aromatic N) is 2. The Bertz CT molecular complexity index is 1160. The normalized spacial score (nSPS) is 15.0. The molecule has 4 rings (SSSR count). The van der Waals surface area contributed by atoms with E-state index in [0.717, 1.165) is 11.1 Å². The molecule has 174 valence electrons. The van der Waals surface area contributed by atoms with Crippen LogP contribution < -0.4 is 14.2 Å². The van der Waals surface area contributed by atoms with Gasteiger partial charge in [0, 0.05) is 24.8 Å². The number of aromatic hydroxyl groups is 1. The van der Waals surface area contributed by atoms with Gasteiger partial charge in [0.05, 0.1) is 34.0 Å². The van der Waals surface area contributed by atoms with Gasteiger partial charge in [-0.2, -0.15) is 5.10 Å². The highest BCUT2D eigenvalue weighted by Crippen LogP contribution is 2.48. The smallest absolute Gasteiger partial charge is 0.273 e. The lowest BCUT2D eigenvalue weighted by atomic mass is 9.94. The van der Waals surface area contributed by atoms with Crippen LogP contribution >= 0.6 is 0 Å². The SMILES string of the molecule is COCCN1C(=O)c2[nH]nc(-c3cc(C)ccc3O)c2[C@@H]1c1cc(OC)c(OC)c(OC)c1. The summed E-state index contributed by atoms with van der Waals surface area (Å²) in [4.78, 5) is 15.1. The van der Waals surface area contributed by atoms with Crippen molar-refractivity contribution in [3.8, 4) is 34.3 Å². The highest BCUT2D eigenvalue weighted by Gasteiger charge is 2.43. The Balaban J connectivity index is 1.95. The van der Waals surface area contributed by atoms with Gasteiger partial charge in [-0.25, -0.2) is 0 Å². The number of rotatable bonds is 8. The van der Waals surface area contributed by atoms with E-state index >= 15 is 0 Å². The molecule has 0 spiro atoms. The van der Waals surface area contributed by atoms with E-state index in [2.05, 4.69) is 10.2 Å². The minimum Gasteiger partial charge on any atom is -0.507 e. The quantitative estimate of drug-likeness (QED) is 0.539. The fourth-order valence-electron chi connectivity index (χ4n) is 4.27. The van der Waals surface area contributed by atoms with Crippen molar-refractivity contribution in [2.24, 2.45) is 0 Å². The summed E-state index contributed by atoms with van der Waals surface area (Å²) in [5.74, 6) is 1.29. The molecule has 0 fully saturated rings. The van der Waals surface area contributed by atoms with Crippen LogP contribution in [0.25, 0.3) is 11.3 Å². The second-order valence-electron chi connectivity index (χ2n) is 7.73. The molecule has 9 heteroatoms. The number of phenols is 1. The Labute approximate surface area is 191 Å². The van der Waals surface area contributed by atoms with Gasteiger partial charge in [-0.05, 0) is 36.8 Å². The molecule has 2 N–H and O–H groups in total. The lowest BCUT2D eigenvalue weighted by Gasteiger charge is -2.27. The number of aromatic nitrogens is 2. The zero-order valence-corrected chi connectivity index (χ0v) is 19.3. The third-order valence-electron chi connectivity index (χ3n) is 5.81. The van der Waals surface area contributed by atoms with Crippen LogP contribution in [-0.4, -0.2) is 67.7 Å². The van der Waals surface area contributed by atoms with Gasteiger partial charge in [0.1, 0.15) is 17.1 Å². The molecule has 0 bridgehead atoms. The van der Waals surface area contributed by atoms with Gasteiger partial charge >= 0.3 is 0 Å². The number of carbonyl (C=O) groups excluding carboxylic acids is 1. The maximum absolute atomic E-state index is 13.4. The van der Waals surface area contributed by atoms with Crippen molar-refractivity contribution in [3.63, 3.8) is 0 Å². The van der Waals surface area contributed by atoms with E-state index < -0.39 is 6.04 Å². The third kappa shape index (κ3) is 3.74. The zero-order chi connectivity index (χ0) is 23.7. The minimum atomic E-state index is -0.509. The molecule has 9 nitrogen and oxygen atoms in total. The Hall–Kier alpha value is -3.72. The number of methoxy groups -OCH3 is 4. The number of aryl methyl sites for hydroxylation is 1. The molecule has 0 aliphatic carbocycles. The molecule has 2 heterocycles. The first-order chi connectivity index (χ1) is 15.9. The first kappa shape index (κ1) is 22.5. The maximum Gasteiger partial charge on any atom is 0.273 e. The molecule has 3 aromatic rings. The van der Waals surface area contributed by atoms with E-state index in [1.807, 2.05) is 31.2 Å². The molecule has 1 aliphatic rings. The Morgan fingerprint density at radius 1 is 1.06 bits per heavy atom. The Morgan fingerprint density at radius 2 is 1.76 bits per heavy atom. The summed E-state index contributed by atoms with van der Waals surface area (Å²) in [7, 11) is 6.22. The van der Waals surface area contributed by atoms with Crippen LogP contribution in [0.4, 0.5) is 0 Å². The number of hydrogen-bond donors (Lipinski definition) is 2. The maximum atomic E-state index is 13.4. The lowest BCUT2D eigenvalue weighted by Crippen LogP contribution is -2.32. The molecule has 0 saturated heterocycles. The van der Waals surface area contributed by atoms with Crippen molar-refractivity contribution in [2.75, 3.05) is 41.6 Å². The van der Waals surface area contributed by atoms with Crippen molar-refractivity contribution in [1.29, 1.82) is 0 Å². The molecule has 1 aliphatic heterocycles. The second kappa shape index (κ2) is 9.03. The third-order valence-corrected chi connectivity index (χ3v) is 5.81. The van der Waals surface area contributed by atoms with Crippen molar-refractivity contribution in [3.05, 3.63) is 52.7 Å². The van der Waals surface area contributed by atoms with Gasteiger partial charge in [0.15, 0.2) is 11.5 Å². The number of benzene rings is 2. The Morgan fingerprint density at radius 3 is 2.36 bits per heavy atom. The number of aromatic amines is 1. The molecular formula is C24H27N3O6. The number of amides is 1. The summed E-state index contributed by atoms with van der Waals surface area (Å²) in [6.07, 6.45) is 0. The predicted molar refractivity (Wildman–Crippen MR) is 121 cm³/mol. The predicted octanol–water partition coefficient (Wildman–Crippen LogP) is 3.31. The van der Waals surface area contributed by atoms with Gasteiger partial charge in [-0.15, -0.1) is 0 Å². The summed E-state index contributed by atoms with van der Waals surface area (Å²) < 4.78 is 21.8. The minimum absolute atomic E-state index is 0.0846. The number of carbonyl (C=O) groups is 1. The van der Waals surface area contributed by atoms with Gasteiger partial charge < -0.3 is 29.0 Å². The standard InChI is InChI=1S/C24H27N3O6/c1-13-6-7-16(28)15(10-13)20-19-21(26-25-20)24(29)27(8-9-30-2)22(19)14-11-17(31-3)23(33-5)18(12-14)32-4/h6-7,10-12,22,28H,8-9H2,1-5H3,(H,25,26)/t22-/m0/s1. The lowest BCUT2D eigenvalue weighted by molar-refractivity contribution is 0.0677. The average molecular weight is 453 g/mol. The molecule has 1 aromatic heterocycles. The van der Waals surface area contributed by atoms with Crippen molar-refractivity contribution >= 4 is 5.91 Å². The summed E-state index contributed by atoms with van der Waals surface area (Å²) >= 11 is 0. The summed E-state index contributed by atoms with van der Waals surface area (Å²) in [5.41, 5.74) is 3.82. The molecule has 0 unspecified atom stereocenters. The van der Waals surface area contributed by atoms with Crippen LogP contribution in [0.2, 0.25) is 0 Å². The van der Waals surface area contributed by atoms with Crippen LogP contribution in [0.3, 0.4) is 0 Å². The number of H-pyrrole nitrogens is 1. The largest absolute Gasteiger partial charge is 0.507 e. The van der Waals surface area contributed by atoms with E-state index in [0.29, 0.717) is 52.9 Å². The topological polar surface area (TPSA) is 106 Å². The molecule has 1 amide bonds. The zero-order valence-electron chi connectivity index (χ0n) is 19.3. The number of phenolic OH excluding ortho intramolecular Hbond substituents is 1. The monoisotopic (exact) mass is 453 g/mol. The van der Waals surface area contributed by atoms with Crippen LogP contribution in [0.5, 0.6) is 23.0 Å². The van der Waals surface area contributed by atoms with Crippen molar-refractivity contribution in [1.82, 2.24) is 15.1 Å². The van der Waals surface area contributed by atoms with E-state index in [1.165, 1.54) is 7.11 Å². The van der Waals surface area contributed by atoms with E-state index in [4.69, 9.17) is 18.9 Å². The molecule has 1 atom stereocenters. The molecule has 33 heavy (non-hydrogen) atoms. The van der Waals surface area contributed by atoms with Gasteiger partial charge in [0.25, 0.3) is 5.91 Å². The van der Waals surface area contributed by atoms with Crippen molar-refractivity contribution in [2.45, 2.75) is 13.0 Å². The first-order valence-electron chi connectivity index (χ1n) is 10.4. The number of nitrogens with one attached hydrogen (secondary N) is 1. The molecular weight excluding hydrogens is 426 g/mol. The summed E-state index contributed by atoms with van der Waals surface area (Å²) in [6, 6.07) is 8.42. The highest BCUT2D eigenvalue weighted by molar-refractivity contribution is 6.00. The van der Waals surface area contributed by atoms with E-state index in [-0.39, 0.29) is 11.7 Å². The molecule has 2 aromatic carbocycles. The summed E-state index contributed by atoms with van der Waals surface area (Å²) in [6.45, 7) is 2.65. The Kier molecular flexibility index (Phi) is 6.15. The average Bonchev–Trinajstić information content (AvgIpc) is 3.36. The van der Waals surface area contributed by atoms with Gasteiger partial charge in [-0.3, -0.25) is 9.89 Å². The highest BCUT2D eigenvalue weighted by atomic mass is 16.5. The number of ether oxygens (including phenoxy) is 4. The van der Waals surface area contributed by atoms with Crippen LogP contribution in [0.15, 0.2) is 30.3 Å². The van der Waals surface area contributed by atoms with Crippen LogP contribution in [0.1, 0.15) is 33.2 Å².